The van der Waals surface area contributed by atoms with Crippen molar-refractivity contribution in [2.75, 3.05) is 6.61 Å². The molecular weight excluding hydrogens is 218 g/mol. The van der Waals surface area contributed by atoms with Crippen LogP contribution >= 0.6 is 0 Å². The number of carboxylic acid groups (broad SMARTS) is 1. The van der Waals surface area contributed by atoms with Crippen molar-refractivity contribution in [2.45, 2.75) is 65.0 Å². The fourth-order valence-corrected chi connectivity index (χ4v) is 2.28. The van der Waals surface area contributed by atoms with Gasteiger partial charge in [0.25, 0.3) is 0 Å². The second kappa shape index (κ2) is 6.36. The Bertz CT molecular complexity index is 241. The lowest BCUT2D eigenvalue weighted by Gasteiger charge is -2.40. The molecule has 0 spiro atoms. The molecule has 0 radical (unpaired) electrons. The zero-order valence-corrected chi connectivity index (χ0v) is 11.7. The van der Waals surface area contributed by atoms with Gasteiger partial charge in [-0.25, -0.2) is 0 Å². The number of hydrogen-bond acceptors (Lipinski definition) is 3. The molecule has 4 heteroatoms. The van der Waals surface area contributed by atoms with Crippen molar-refractivity contribution in [1.29, 1.82) is 0 Å². The van der Waals surface area contributed by atoms with Crippen molar-refractivity contribution >= 4 is 5.97 Å². The van der Waals surface area contributed by atoms with Crippen LogP contribution in [0, 0.1) is 5.92 Å². The molecule has 17 heavy (non-hydrogen) atoms. The van der Waals surface area contributed by atoms with Gasteiger partial charge >= 0.3 is 5.97 Å². The third-order valence-corrected chi connectivity index (χ3v) is 3.49. The van der Waals surface area contributed by atoms with Crippen LogP contribution in [0.4, 0.5) is 0 Å². The average molecular weight is 245 g/mol. The maximum absolute atomic E-state index is 11.4. The van der Waals surface area contributed by atoms with Crippen LogP contribution in [0.25, 0.3) is 0 Å². The Balaban J connectivity index is 5.03. The van der Waals surface area contributed by atoms with E-state index in [4.69, 9.17) is 0 Å². The van der Waals surface area contributed by atoms with E-state index in [1.807, 2.05) is 27.7 Å². The summed E-state index contributed by atoms with van der Waals surface area (Å²) in [5.74, 6) is -0.570. The Morgan fingerprint density at radius 2 is 1.76 bits per heavy atom. The van der Waals surface area contributed by atoms with Gasteiger partial charge in [0.1, 0.15) is 5.54 Å². The molecule has 0 aliphatic carbocycles. The zero-order valence-electron chi connectivity index (χ0n) is 11.7. The van der Waals surface area contributed by atoms with Crippen LogP contribution in [-0.4, -0.2) is 33.9 Å². The molecule has 0 saturated heterocycles. The van der Waals surface area contributed by atoms with Crippen molar-refractivity contribution in [1.82, 2.24) is 5.32 Å². The first kappa shape index (κ1) is 16.4. The van der Waals surface area contributed by atoms with E-state index < -0.39 is 17.0 Å². The summed E-state index contributed by atoms with van der Waals surface area (Å²) in [5, 5.41) is 22.1. The zero-order chi connectivity index (χ0) is 13.7. The third kappa shape index (κ3) is 4.28. The fourth-order valence-electron chi connectivity index (χ4n) is 2.28. The van der Waals surface area contributed by atoms with E-state index in [9.17, 15) is 15.0 Å². The summed E-state index contributed by atoms with van der Waals surface area (Å²) in [6, 6.07) is 0. The molecular formula is C13H27NO3. The maximum Gasteiger partial charge on any atom is 0.323 e. The molecule has 1 atom stereocenters. The van der Waals surface area contributed by atoms with Gasteiger partial charge in [0.2, 0.25) is 0 Å². The molecule has 0 amide bonds. The molecule has 102 valence electrons. The minimum absolute atomic E-state index is 0.0407. The highest BCUT2D eigenvalue weighted by Gasteiger charge is 2.40. The van der Waals surface area contributed by atoms with E-state index in [2.05, 4.69) is 5.32 Å². The number of aliphatic carboxylic acids is 1. The van der Waals surface area contributed by atoms with E-state index in [-0.39, 0.29) is 12.5 Å². The van der Waals surface area contributed by atoms with Crippen LogP contribution in [0.5, 0.6) is 0 Å². The van der Waals surface area contributed by atoms with Gasteiger partial charge in [0.15, 0.2) is 0 Å². The van der Waals surface area contributed by atoms with Crippen LogP contribution in [0.1, 0.15) is 53.9 Å². The van der Waals surface area contributed by atoms with Crippen molar-refractivity contribution in [3.05, 3.63) is 0 Å². The van der Waals surface area contributed by atoms with Crippen LogP contribution < -0.4 is 5.32 Å². The smallest absolute Gasteiger partial charge is 0.323 e. The molecule has 0 aliphatic heterocycles. The minimum Gasteiger partial charge on any atom is -0.480 e. The lowest BCUT2D eigenvalue weighted by molar-refractivity contribution is -0.146. The lowest BCUT2D eigenvalue weighted by atomic mass is 9.84. The Morgan fingerprint density at radius 1 is 1.29 bits per heavy atom. The maximum atomic E-state index is 11.4. The molecule has 0 aromatic rings. The topological polar surface area (TPSA) is 69.6 Å². The van der Waals surface area contributed by atoms with Gasteiger partial charge in [-0.05, 0) is 32.1 Å². The molecule has 1 unspecified atom stereocenters. The number of rotatable bonds is 8. The van der Waals surface area contributed by atoms with Gasteiger partial charge in [-0.15, -0.1) is 0 Å². The molecule has 0 saturated carbocycles. The van der Waals surface area contributed by atoms with Crippen LogP contribution in [0.2, 0.25) is 0 Å². The molecule has 0 bridgehead atoms. The number of nitrogens with one attached hydrogen (secondary N) is 1. The van der Waals surface area contributed by atoms with Crippen molar-refractivity contribution in [3.8, 4) is 0 Å². The number of carboxylic acids is 1. The summed E-state index contributed by atoms with van der Waals surface area (Å²) < 4.78 is 0. The summed E-state index contributed by atoms with van der Waals surface area (Å²) in [4.78, 5) is 11.4. The average Bonchev–Trinajstić information content (AvgIpc) is 2.25. The Kier molecular flexibility index (Phi) is 6.13. The van der Waals surface area contributed by atoms with Gasteiger partial charge in [-0.3, -0.25) is 10.1 Å². The van der Waals surface area contributed by atoms with Gasteiger partial charge in [-0.2, -0.15) is 0 Å². The van der Waals surface area contributed by atoms with Crippen molar-refractivity contribution in [2.24, 2.45) is 5.92 Å². The molecule has 0 fully saturated rings. The van der Waals surface area contributed by atoms with Gasteiger partial charge in [-0.1, -0.05) is 27.7 Å². The molecule has 0 heterocycles. The second-order valence-corrected chi connectivity index (χ2v) is 5.51. The standard InChI is InChI=1S/C13H27NO3/c1-6-13(7-2,9-15)14-12(5,11(16)17)8-10(3)4/h10,14-15H,6-9H2,1-5H3,(H,16,17). The Morgan fingerprint density at radius 3 is 2.00 bits per heavy atom. The normalized spacial score (nSPS) is 15.9. The quantitative estimate of drug-likeness (QED) is 0.612. The van der Waals surface area contributed by atoms with Gasteiger partial charge < -0.3 is 10.2 Å². The largest absolute Gasteiger partial charge is 0.480 e. The van der Waals surface area contributed by atoms with Gasteiger partial charge in [0.05, 0.1) is 6.61 Å². The third-order valence-electron chi connectivity index (χ3n) is 3.49. The van der Waals surface area contributed by atoms with E-state index >= 15 is 0 Å². The first-order chi connectivity index (χ1) is 7.75. The summed E-state index contributed by atoms with van der Waals surface area (Å²) in [6.45, 7) is 9.59. The van der Waals surface area contributed by atoms with Crippen LogP contribution in [-0.2, 0) is 4.79 Å². The number of carbonyl (C=O) groups is 1. The summed E-state index contributed by atoms with van der Waals surface area (Å²) >= 11 is 0. The second-order valence-electron chi connectivity index (χ2n) is 5.51. The SMILES string of the molecule is CCC(CC)(CO)NC(C)(CC(C)C)C(=O)O. The monoisotopic (exact) mass is 245 g/mol. The van der Waals surface area contributed by atoms with Crippen molar-refractivity contribution < 1.29 is 15.0 Å². The van der Waals surface area contributed by atoms with E-state index in [1.165, 1.54) is 0 Å². The Labute approximate surface area is 104 Å². The highest BCUT2D eigenvalue weighted by Crippen LogP contribution is 2.24. The van der Waals surface area contributed by atoms with E-state index in [0.717, 1.165) is 0 Å². The minimum atomic E-state index is -0.983. The number of hydrogen-bond donors (Lipinski definition) is 3. The molecule has 0 aromatic heterocycles. The van der Waals surface area contributed by atoms with Gasteiger partial charge in [0, 0.05) is 5.54 Å². The van der Waals surface area contributed by atoms with Crippen LogP contribution in [0.15, 0.2) is 0 Å². The number of aliphatic hydroxyl groups excluding tert-OH is 1. The van der Waals surface area contributed by atoms with E-state index in [0.29, 0.717) is 19.3 Å². The highest BCUT2D eigenvalue weighted by molar-refractivity contribution is 5.78. The molecule has 0 aliphatic rings. The predicted octanol–water partition coefficient (Wildman–Crippen LogP) is 2.02. The summed E-state index contributed by atoms with van der Waals surface area (Å²) in [5.41, 5.74) is -1.48. The predicted molar refractivity (Wildman–Crippen MR) is 69.0 cm³/mol. The molecule has 4 nitrogen and oxygen atoms in total. The lowest BCUT2D eigenvalue weighted by Crippen LogP contribution is -2.62. The summed E-state index contributed by atoms with van der Waals surface area (Å²) in [7, 11) is 0. The van der Waals surface area contributed by atoms with E-state index in [1.54, 1.807) is 6.92 Å². The highest BCUT2D eigenvalue weighted by atomic mass is 16.4. The van der Waals surface area contributed by atoms with Crippen molar-refractivity contribution in [3.63, 3.8) is 0 Å². The molecule has 0 rings (SSSR count). The summed E-state index contributed by atoms with van der Waals surface area (Å²) in [6.07, 6.45) is 1.96. The molecule has 3 N–H and O–H groups in total. The molecule has 0 aromatic carbocycles. The fraction of sp³-hybridized carbons (Fsp3) is 0.923. The Hall–Kier alpha value is -0.610. The first-order valence-corrected chi connectivity index (χ1v) is 6.39. The number of aliphatic hydroxyl groups is 1. The first-order valence-electron chi connectivity index (χ1n) is 6.39. The van der Waals surface area contributed by atoms with Crippen LogP contribution in [0.3, 0.4) is 0 Å².